The zero-order valence-electron chi connectivity index (χ0n) is 44.3. The van der Waals surface area contributed by atoms with E-state index in [1.54, 1.807) is 0 Å². The molecule has 2 aliphatic rings. The summed E-state index contributed by atoms with van der Waals surface area (Å²) < 4.78 is 0.128. The first kappa shape index (κ1) is 53.5. The van der Waals surface area contributed by atoms with Crippen molar-refractivity contribution >= 4 is 47.0 Å². The lowest BCUT2D eigenvalue weighted by atomic mass is 9.84. The van der Waals surface area contributed by atoms with E-state index in [-0.39, 0.29) is 31.2 Å². The minimum absolute atomic E-state index is 0.0119. The molecular formula is C58H86N4S4. The Balaban J connectivity index is 1.60. The molecule has 6 rings (SSSR count). The van der Waals surface area contributed by atoms with Gasteiger partial charge in [0.1, 0.15) is 0 Å². The van der Waals surface area contributed by atoms with Crippen LogP contribution in [0.4, 0.5) is 0 Å². The Hall–Kier alpha value is -1.88. The van der Waals surface area contributed by atoms with E-state index >= 15 is 0 Å². The van der Waals surface area contributed by atoms with Crippen molar-refractivity contribution in [2.45, 2.75) is 228 Å². The molecule has 6 bridgehead atoms. The van der Waals surface area contributed by atoms with Crippen molar-refractivity contribution < 1.29 is 0 Å². The van der Waals surface area contributed by atoms with Gasteiger partial charge in [0, 0.05) is 92.9 Å². The van der Waals surface area contributed by atoms with E-state index in [0.717, 1.165) is 63.9 Å². The van der Waals surface area contributed by atoms with Crippen molar-refractivity contribution in [2.75, 3.05) is 11.5 Å². The summed E-state index contributed by atoms with van der Waals surface area (Å²) in [5.74, 6) is 2.06. The van der Waals surface area contributed by atoms with Crippen LogP contribution in [-0.2, 0) is 74.0 Å². The lowest BCUT2D eigenvalue weighted by molar-refractivity contribution is 0.575. The van der Waals surface area contributed by atoms with E-state index in [2.05, 4.69) is 218 Å². The highest BCUT2D eigenvalue weighted by atomic mass is 32.2. The van der Waals surface area contributed by atoms with Crippen molar-refractivity contribution in [2.24, 2.45) is 0 Å². The quantitative estimate of drug-likeness (QED) is 0.148. The third kappa shape index (κ3) is 14.4. The summed E-state index contributed by atoms with van der Waals surface area (Å²) in [5, 5.41) is 16.3. The van der Waals surface area contributed by atoms with Crippen LogP contribution >= 0.6 is 47.0 Å². The van der Waals surface area contributed by atoms with E-state index in [0.29, 0.717) is 0 Å². The van der Waals surface area contributed by atoms with Crippen molar-refractivity contribution in [1.82, 2.24) is 21.3 Å². The van der Waals surface area contributed by atoms with Gasteiger partial charge in [-0.3, -0.25) is 0 Å². The number of hydrogen-bond acceptors (Lipinski definition) is 8. The number of benzene rings is 4. The summed E-state index contributed by atoms with van der Waals surface area (Å²) in [7, 11) is 0. The van der Waals surface area contributed by atoms with E-state index in [1.807, 2.05) is 23.5 Å². The molecule has 4 aromatic carbocycles. The van der Waals surface area contributed by atoms with Gasteiger partial charge >= 0.3 is 0 Å². The van der Waals surface area contributed by atoms with Crippen molar-refractivity contribution in [3.05, 3.63) is 115 Å². The molecule has 4 nitrogen and oxygen atoms in total. The summed E-state index contributed by atoms with van der Waals surface area (Å²) in [6.07, 6.45) is 0. The molecular weight excluding hydrogens is 881 g/mol. The minimum Gasteiger partial charge on any atom is -0.309 e. The number of thioether (sulfide) groups is 4. The topological polar surface area (TPSA) is 48.1 Å². The fraction of sp³-hybridized carbons (Fsp3) is 0.586. The third-order valence-electron chi connectivity index (χ3n) is 12.4. The molecule has 0 saturated heterocycles. The second-order valence-electron chi connectivity index (χ2n) is 25.0. The number of fused-ring (bicyclic) bond motifs is 7. The summed E-state index contributed by atoms with van der Waals surface area (Å²) in [5.41, 5.74) is 16.9. The molecule has 0 aromatic heterocycles. The molecule has 0 radical (unpaired) electrons. The zero-order valence-corrected chi connectivity index (χ0v) is 47.6. The van der Waals surface area contributed by atoms with Crippen LogP contribution in [0.1, 0.15) is 191 Å². The highest BCUT2D eigenvalue weighted by molar-refractivity contribution is 8.03. The lowest BCUT2D eigenvalue weighted by Gasteiger charge is -2.28. The van der Waals surface area contributed by atoms with Crippen LogP contribution in [0.25, 0.3) is 0 Å². The monoisotopic (exact) mass is 967 g/mol. The van der Waals surface area contributed by atoms with Gasteiger partial charge in [-0.15, -0.1) is 47.0 Å². The molecule has 2 heterocycles. The van der Waals surface area contributed by atoms with E-state index in [1.165, 1.54) is 86.3 Å². The molecule has 66 heavy (non-hydrogen) atoms. The number of hydrogen-bond donors (Lipinski definition) is 4. The maximum atomic E-state index is 4.07. The molecule has 0 atom stereocenters. The fourth-order valence-electron chi connectivity index (χ4n) is 8.66. The number of rotatable bonds is 2. The lowest BCUT2D eigenvalue weighted by Crippen LogP contribution is -2.23. The Kier molecular flexibility index (Phi) is 16.9. The van der Waals surface area contributed by atoms with Crippen LogP contribution < -0.4 is 21.3 Å². The van der Waals surface area contributed by atoms with Crippen molar-refractivity contribution in [1.29, 1.82) is 0 Å². The second kappa shape index (κ2) is 20.8. The summed E-state index contributed by atoms with van der Waals surface area (Å²) in [6, 6.07) is 20.1. The van der Waals surface area contributed by atoms with Gasteiger partial charge in [0.15, 0.2) is 0 Å². The van der Waals surface area contributed by atoms with Crippen molar-refractivity contribution in [3.63, 3.8) is 0 Å². The molecule has 362 valence electrons. The maximum absolute atomic E-state index is 4.07. The Labute approximate surface area is 420 Å². The predicted octanol–water partition coefficient (Wildman–Crippen LogP) is 15.3. The average Bonchev–Trinajstić information content (AvgIpc) is 3.16. The normalized spacial score (nSPS) is 16.7. The zero-order chi connectivity index (χ0) is 48.6. The van der Waals surface area contributed by atoms with Gasteiger partial charge in [-0.05, 0) is 88.4 Å². The number of nitrogens with one attached hydrogen (secondary N) is 4. The Morgan fingerprint density at radius 3 is 0.712 bits per heavy atom. The molecule has 0 fully saturated rings. The van der Waals surface area contributed by atoms with Crippen LogP contribution in [0.5, 0.6) is 0 Å². The molecule has 2 aliphatic heterocycles. The van der Waals surface area contributed by atoms with Gasteiger partial charge in [0.25, 0.3) is 0 Å². The molecule has 4 aromatic rings. The largest absolute Gasteiger partial charge is 0.309 e. The first-order valence-electron chi connectivity index (χ1n) is 24.6. The fourth-order valence-corrected chi connectivity index (χ4v) is 13.3. The molecule has 8 heteroatoms. The highest BCUT2D eigenvalue weighted by Crippen LogP contribution is 2.43. The summed E-state index contributed by atoms with van der Waals surface area (Å²) in [4.78, 5) is 5.71. The first-order chi connectivity index (χ1) is 30.5. The van der Waals surface area contributed by atoms with Crippen LogP contribution in [0, 0.1) is 0 Å². The van der Waals surface area contributed by atoms with Gasteiger partial charge in [0.05, 0.1) is 0 Å². The second-order valence-corrected chi connectivity index (χ2v) is 30.9. The van der Waals surface area contributed by atoms with Gasteiger partial charge < -0.3 is 21.3 Å². The van der Waals surface area contributed by atoms with Crippen LogP contribution in [0.2, 0.25) is 0 Å². The SMILES string of the molecule is CC(C)(C)Sc1c2cc(C(C)(C)C)cc1CNCc1cc(C(C)(C)C)cc3c1SCCSc1c(cc(C(C)(C)C)cc1CNCc1cc(C(C)(C)C)cc(c1SC(C)(C)C)CNC3)CNC2. The first-order valence-corrected chi connectivity index (χ1v) is 28.2. The Morgan fingerprint density at radius 2 is 0.515 bits per heavy atom. The molecule has 4 N–H and O–H groups in total. The third-order valence-corrected chi connectivity index (χ3v) is 17.7. The molecule has 0 saturated carbocycles. The highest BCUT2D eigenvalue weighted by Gasteiger charge is 2.27. The molecule has 0 spiro atoms. The molecule has 0 unspecified atom stereocenters. The van der Waals surface area contributed by atoms with Gasteiger partial charge in [-0.1, -0.05) is 173 Å². The van der Waals surface area contributed by atoms with Gasteiger partial charge in [0.2, 0.25) is 0 Å². The summed E-state index contributed by atoms with van der Waals surface area (Å²) in [6.45, 7) is 49.1. The van der Waals surface area contributed by atoms with Crippen molar-refractivity contribution in [3.8, 4) is 0 Å². The van der Waals surface area contributed by atoms with Gasteiger partial charge in [-0.25, -0.2) is 0 Å². The minimum atomic E-state index is 0.0119. The average molecular weight is 968 g/mol. The van der Waals surface area contributed by atoms with Crippen LogP contribution in [0.15, 0.2) is 68.1 Å². The molecule has 0 aliphatic carbocycles. The van der Waals surface area contributed by atoms with E-state index < -0.39 is 0 Å². The maximum Gasteiger partial charge on any atom is 0.0220 e. The summed E-state index contributed by atoms with van der Waals surface area (Å²) >= 11 is 8.18. The Morgan fingerprint density at radius 1 is 0.318 bits per heavy atom. The predicted molar refractivity (Wildman–Crippen MR) is 295 cm³/mol. The Bertz CT molecular complexity index is 2070. The van der Waals surface area contributed by atoms with E-state index in [9.17, 15) is 0 Å². The van der Waals surface area contributed by atoms with Crippen LogP contribution in [0.3, 0.4) is 0 Å². The van der Waals surface area contributed by atoms with E-state index in [4.69, 9.17) is 0 Å². The van der Waals surface area contributed by atoms with Gasteiger partial charge in [-0.2, -0.15) is 0 Å². The molecule has 0 amide bonds. The smallest absolute Gasteiger partial charge is 0.0220 e. The standard InChI is InChI=1S/C58H86N4S4/c1-53(2,3)45-21-37-29-59-33-41-25-47(55(7,8)9)27-43(51(41)65-57(13,14)15)35-61-31-39-23-46(54(4,5)6)24-40-32-62-36-44-28-48(56(10,11)12)26-42(52(44)66-58(16,17)18)34-60-30-38(22-45)49(37)63-19-20-64-50(39)40/h21-28,59-62H,19-20,29-36H2,1-18H3. The van der Waals surface area contributed by atoms with Crippen LogP contribution in [-0.4, -0.2) is 21.0 Å².